The second kappa shape index (κ2) is 16.5. The van der Waals surface area contributed by atoms with E-state index in [0.29, 0.717) is 0 Å². The van der Waals surface area contributed by atoms with E-state index in [1.807, 2.05) is 0 Å². The zero-order chi connectivity index (χ0) is 35.4. The predicted octanol–water partition coefficient (Wildman–Crippen LogP) is 4.09. The largest absolute Gasteiger partial charge is 0.573 e. The number of hydrogen-bond donors (Lipinski definition) is 4. The van der Waals surface area contributed by atoms with Gasteiger partial charge in [0.25, 0.3) is 11.1 Å². The van der Waals surface area contributed by atoms with Crippen LogP contribution in [0.15, 0.2) is 48.5 Å². The molecule has 2 aromatic carbocycles. The molecule has 0 aliphatic rings. The lowest BCUT2D eigenvalue weighted by Gasteiger charge is -2.12. The Morgan fingerprint density at radius 3 is 1.87 bits per heavy atom. The lowest BCUT2D eigenvalue weighted by Crippen LogP contribution is -2.21. The van der Waals surface area contributed by atoms with Crippen LogP contribution in [0.2, 0.25) is 0 Å². The van der Waals surface area contributed by atoms with Crippen LogP contribution < -0.4 is 15.8 Å². The summed E-state index contributed by atoms with van der Waals surface area (Å²) >= 11 is 5.13. The number of nitrogens with one attached hydrogen (secondary N) is 3. The van der Waals surface area contributed by atoms with Crippen molar-refractivity contribution in [3.05, 3.63) is 76.9 Å². The summed E-state index contributed by atoms with van der Waals surface area (Å²) < 4.78 is 85.5. The van der Waals surface area contributed by atoms with E-state index >= 15 is 0 Å². The molecule has 0 unspecified atom stereocenters. The van der Waals surface area contributed by atoms with Gasteiger partial charge >= 0.3 is 24.5 Å². The summed E-state index contributed by atoms with van der Waals surface area (Å²) in [6.45, 7) is 0. The maximum Gasteiger partial charge on any atom is 0.573 e. The Morgan fingerprint density at radius 1 is 0.830 bits per heavy atom. The van der Waals surface area contributed by atoms with Gasteiger partial charge < -0.3 is 19.9 Å². The number of halogens is 7. The molecule has 22 heteroatoms. The number of H-pyrrole nitrogens is 2. The number of methoxy groups -OCH3 is 2. The van der Waals surface area contributed by atoms with E-state index in [9.17, 15) is 45.5 Å². The number of nitrogens with zero attached hydrogens (tertiary/aromatic N) is 4. The number of amides is 1. The van der Waals surface area contributed by atoms with Gasteiger partial charge in [0.05, 0.1) is 26.2 Å². The predicted molar refractivity (Wildman–Crippen MR) is 147 cm³/mol. The minimum absolute atomic E-state index is 0.0139. The number of ether oxygens (including phenoxy) is 3. The average Bonchev–Trinajstić information content (AvgIpc) is 3.65. The zero-order valence-corrected chi connectivity index (χ0v) is 24.5. The Balaban J connectivity index is 0.000000271. The number of aromatic nitrogens is 6. The quantitative estimate of drug-likeness (QED) is 0.122. The second-order valence-corrected chi connectivity index (χ2v) is 8.60. The summed E-state index contributed by atoms with van der Waals surface area (Å²) in [5.41, 5.74) is 4.54. The van der Waals surface area contributed by atoms with E-state index in [0.717, 1.165) is 19.2 Å². The molecule has 2 aromatic heterocycles. The summed E-state index contributed by atoms with van der Waals surface area (Å²) in [5, 5.41) is 12.7. The van der Waals surface area contributed by atoms with Crippen molar-refractivity contribution >= 4 is 46.6 Å². The van der Waals surface area contributed by atoms with Crippen molar-refractivity contribution in [2.75, 3.05) is 25.3 Å². The molecule has 0 fully saturated rings. The molecule has 0 aliphatic carbocycles. The number of anilines is 2. The molecule has 0 saturated carbocycles. The molecule has 5 N–H and O–H groups in total. The van der Waals surface area contributed by atoms with Crippen LogP contribution in [-0.4, -0.2) is 80.2 Å². The first-order valence-corrected chi connectivity index (χ1v) is 12.6. The third-order valence-corrected chi connectivity index (χ3v) is 5.15. The monoisotopic (exact) mass is 694 g/mol. The minimum Gasteiger partial charge on any atom is -0.463 e. The van der Waals surface area contributed by atoms with Crippen LogP contribution in [0.4, 0.5) is 38.2 Å². The molecular weight excluding hydrogens is 674 g/mol. The van der Waals surface area contributed by atoms with Crippen LogP contribution in [0.1, 0.15) is 47.5 Å². The SMILES string of the molecule is COC(=O)c1nc(N)n[nH]1.COC(=O)c1nc(NC(=O)c2ccccc2OC(F)(F)F)n[nH]1.O=C(Cl)c1ccccc1CC(F)(F)F. The number of para-hydroxylation sites is 1. The van der Waals surface area contributed by atoms with Gasteiger partial charge in [0.1, 0.15) is 5.75 Å². The maximum absolute atomic E-state index is 12.3. The highest BCUT2D eigenvalue weighted by atomic mass is 35.5. The minimum atomic E-state index is -4.95. The summed E-state index contributed by atoms with van der Waals surface area (Å²) in [4.78, 5) is 51.7. The fourth-order valence-electron chi connectivity index (χ4n) is 3.09. The Hall–Kier alpha value is -5.73. The van der Waals surface area contributed by atoms with Gasteiger partial charge in [-0.2, -0.15) is 23.1 Å². The first-order chi connectivity index (χ1) is 21.9. The molecule has 2 heterocycles. The third-order valence-electron chi connectivity index (χ3n) is 4.95. The topological polar surface area (TPSA) is 217 Å². The number of nitrogens with two attached hydrogens (primary N) is 1. The molecule has 0 saturated heterocycles. The lowest BCUT2D eigenvalue weighted by molar-refractivity contribution is -0.274. The van der Waals surface area contributed by atoms with Crippen LogP contribution in [0.3, 0.4) is 0 Å². The highest BCUT2D eigenvalue weighted by molar-refractivity contribution is 6.67. The van der Waals surface area contributed by atoms with Gasteiger partial charge in [-0.05, 0) is 35.4 Å². The Bertz CT molecular complexity index is 1690. The van der Waals surface area contributed by atoms with Crippen LogP contribution in [0, 0.1) is 0 Å². The summed E-state index contributed by atoms with van der Waals surface area (Å²) in [5.74, 6) is -3.57. The summed E-state index contributed by atoms with van der Waals surface area (Å²) in [7, 11) is 2.37. The molecule has 4 aromatic rings. The molecule has 0 aliphatic heterocycles. The van der Waals surface area contributed by atoms with Crippen molar-refractivity contribution in [1.82, 2.24) is 30.4 Å². The lowest BCUT2D eigenvalue weighted by atomic mass is 10.1. The van der Waals surface area contributed by atoms with Crippen molar-refractivity contribution in [3.63, 3.8) is 0 Å². The van der Waals surface area contributed by atoms with Gasteiger partial charge in [-0.3, -0.25) is 25.1 Å². The molecular formula is C25H21ClF6N8O7. The van der Waals surface area contributed by atoms with Crippen LogP contribution in [0.25, 0.3) is 0 Å². The van der Waals surface area contributed by atoms with Crippen molar-refractivity contribution in [2.45, 2.75) is 19.0 Å². The van der Waals surface area contributed by atoms with Gasteiger partial charge in [0, 0.05) is 5.56 Å². The second-order valence-electron chi connectivity index (χ2n) is 8.25. The number of alkyl halides is 6. The van der Waals surface area contributed by atoms with Crippen molar-refractivity contribution in [2.24, 2.45) is 0 Å². The first kappa shape index (κ1) is 37.5. The Kier molecular flexibility index (Phi) is 13.2. The molecule has 0 atom stereocenters. The molecule has 0 spiro atoms. The summed E-state index contributed by atoms with van der Waals surface area (Å²) in [6.07, 6.45) is -10.4. The molecule has 1 amide bonds. The van der Waals surface area contributed by atoms with Crippen molar-refractivity contribution in [3.8, 4) is 5.75 Å². The highest BCUT2D eigenvalue weighted by Gasteiger charge is 2.33. The first-order valence-electron chi connectivity index (χ1n) is 12.2. The van der Waals surface area contributed by atoms with Gasteiger partial charge in [-0.25, -0.2) is 9.59 Å². The van der Waals surface area contributed by atoms with E-state index in [1.54, 1.807) is 0 Å². The smallest absolute Gasteiger partial charge is 0.463 e. The molecule has 4 rings (SSSR count). The Labute approximate surface area is 263 Å². The normalized spacial score (nSPS) is 10.7. The summed E-state index contributed by atoms with van der Waals surface area (Å²) in [6, 6.07) is 10.2. The molecule has 252 valence electrons. The molecule has 0 radical (unpaired) electrons. The number of esters is 2. The number of nitrogen functional groups attached to an aromatic ring is 1. The van der Waals surface area contributed by atoms with E-state index in [2.05, 4.69) is 49.9 Å². The number of carbonyl (C=O) groups excluding carboxylic acids is 4. The fraction of sp³-hybridized carbons (Fsp3) is 0.200. The Morgan fingerprint density at radius 2 is 1.36 bits per heavy atom. The molecule has 15 nitrogen and oxygen atoms in total. The van der Waals surface area contributed by atoms with E-state index in [-0.39, 0.29) is 40.2 Å². The van der Waals surface area contributed by atoms with Crippen molar-refractivity contribution < 1.29 is 59.7 Å². The van der Waals surface area contributed by atoms with Gasteiger partial charge in [-0.15, -0.1) is 23.4 Å². The van der Waals surface area contributed by atoms with Crippen LogP contribution in [-0.2, 0) is 15.9 Å². The van der Waals surface area contributed by atoms with Crippen molar-refractivity contribution in [1.29, 1.82) is 0 Å². The highest BCUT2D eigenvalue weighted by Crippen LogP contribution is 2.27. The number of benzene rings is 2. The number of hydrogen-bond acceptors (Lipinski definition) is 12. The van der Waals surface area contributed by atoms with E-state index < -0.39 is 47.8 Å². The molecule has 0 bridgehead atoms. The standard InChI is InChI=1S/C12H9F3N4O4.C9H6ClF3O.C4H6N4O2/c1-22-10(21)8-16-11(19-18-8)17-9(20)6-4-2-3-5-7(6)23-12(13,14)15;10-8(14)7-4-2-1-3-6(7)5-9(11,12)13;1-10-3(9)2-6-4(5)8-7-2/h2-5H,1H3,(H2,16,17,18,19,20);1-4H,5H2;1H3,(H3,5,6,7,8). The van der Waals surface area contributed by atoms with E-state index in [4.69, 9.17) is 17.3 Å². The van der Waals surface area contributed by atoms with Gasteiger partial charge in [0.2, 0.25) is 23.5 Å². The van der Waals surface area contributed by atoms with E-state index in [1.165, 1.54) is 43.5 Å². The number of carbonyl (C=O) groups is 4. The third kappa shape index (κ3) is 12.7. The van der Waals surface area contributed by atoms with Gasteiger partial charge in [-0.1, -0.05) is 30.3 Å². The fourth-order valence-corrected chi connectivity index (χ4v) is 3.27. The number of rotatable bonds is 7. The van der Waals surface area contributed by atoms with Gasteiger partial charge in [0.15, 0.2) is 0 Å². The average molecular weight is 695 g/mol. The van der Waals surface area contributed by atoms with Crippen LogP contribution >= 0.6 is 11.6 Å². The number of aromatic amines is 2. The van der Waals surface area contributed by atoms with Crippen LogP contribution in [0.5, 0.6) is 5.75 Å². The maximum atomic E-state index is 12.3. The molecule has 47 heavy (non-hydrogen) atoms. The zero-order valence-electron chi connectivity index (χ0n) is 23.7.